The second kappa shape index (κ2) is 5.44. The zero-order valence-corrected chi connectivity index (χ0v) is 13.1. The first-order valence-electron chi connectivity index (χ1n) is 7.39. The third kappa shape index (κ3) is 2.95. The van der Waals surface area contributed by atoms with E-state index < -0.39 is 5.60 Å². The lowest BCUT2D eigenvalue weighted by Crippen LogP contribution is -2.39. The summed E-state index contributed by atoms with van der Waals surface area (Å²) in [5.74, 6) is 0. The summed E-state index contributed by atoms with van der Waals surface area (Å²) in [7, 11) is 0. The number of fused-ring (bicyclic) bond motifs is 1. The normalized spacial score (nSPS) is 15.8. The Kier molecular flexibility index (Phi) is 3.60. The van der Waals surface area contributed by atoms with Crippen molar-refractivity contribution in [2.75, 3.05) is 13.1 Å². The topological polar surface area (TPSA) is 71.1 Å². The van der Waals surface area contributed by atoms with Crippen molar-refractivity contribution in [3.8, 4) is 0 Å². The van der Waals surface area contributed by atoms with Crippen molar-refractivity contribution in [2.24, 2.45) is 0 Å². The van der Waals surface area contributed by atoms with Gasteiger partial charge in [0.05, 0.1) is 5.69 Å². The van der Waals surface area contributed by atoms with Crippen LogP contribution in [0.1, 0.15) is 34.3 Å². The highest BCUT2D eigenvalue weighted by Gasteiger charge is 2.24. The Hall–Kier alpha value is -2.37. The minimum Gasteiger partial charge on any atom is -0.444 e. The third-order valence-corrected chi connectivity index (χ3v) is 3.52. The van der Waals surface area contributed by atoms with Crippen LogP contribution >= 0.6 is 0 Å². The second-order valence-corrected chi connectivity index (χ2v) is 6.37. The van der Waals surface area contributed by atoms with Gasteiger partial charge in [0.1, 0.15) is 17.6 Å². The molecule has 2 aromatic heterocycles. The number of carbonyl (C=O) groups is 1. The van der Waals surface area contributed by atoms with Crippen molar-refractivity contribution in [1.82, 2.24) is 19.9 Å². The molecule has 0 radical (unpaired) electrons. The summed E-state index contributed by atoms with van der Waals surface area (Å²) < 4.78 is 5.40. The molecule has 6 heteroatoms. The number of carbonyl (C=O) groups excluding carboxylic acids is 1. The van der Waals surface area contributed by atoms with Crippen LogP contribution in [0.2, 0.25) is 0 Å². The van der Waals surface area contributed by atoms with E-state index >= 15 is 0 Å². The number of nitrogens with one attached hydrogen (secondary N) is 1. The maximum atomic E-state index is 12.1. The average Bonchev–Trinajstić information content (AvgIpc) is 2.94. The highest BCUT2D eigenvalue weighted by atomic mass is 16.6. The molecule has 2 aromatic rings. The molecule has 1 aliphatic rings. The molecule has 0 aromatic carbocycles. The monoisotopic (exact) mass is 302 g/mol. The van der Waals surface area contributed by atoms with Crippen molar-refractivity contribution in [3.05, 3.63) is 30.4 Å². The second-order valence-electron chi connectivity index (χ2n) is 6.37. The van der Waals surface area contributed by atoms with Crippen LogP contribution in [0.25, 0.3) is 16.6 Å². The van der Waals surface area contributed by atoms with Gasteiger partial charge in [-0.3, -0.25) is 0 Å². The number of H-pyrrole nitrogens is 1. The van der Waals surface area contributed by atoms with E-state index in [2.05, 4.69) is 15.0 Å². The lowest BCUT2D eigenvalue weighted by molar-refractivity contribution is 0.0270. The molecule has 0 spiro atoms. The van der Waals surface area contributed by atoms with E-state index in [1.54, 1.807) is 11.2 Å². The summed E-state index contributed by atoms with van der Waals surface area (Å²) in [5.41, 5.74) is 2.45. The summed E-state index contributed by atoms with van der Waals surface area (Å²) in [4.78, 5) is 25.5. The van der Waals surface area contributed by atoms with Crippen molar-refractivity contribution >= 4 is 22.7 Å². The van der Waals surface area contributed by atoms with Gasteiger partial charge < -0.3 is 14.6 Å². The Labute approximate surface area is 130 Å². The summed E-state index contributed by atoms with van der Waals surface area (Å²) in [6.07, 6.45) is 5.96. The van der Waals surface area contributed by atoms with Gasteiger partial charge in [0, 0.05) is 26.1 Å². The first-order valence-corrected chi connectivity index (χ1v) is 7.39. The number of aromatic amines is 1. The van der Waals surface area contributed by atoms with Gasteiger partial charge in [-0.1, -0.05) is 6.08 Å². The van der Waals surface area contributed by atoms with Crippen LogP contribution in [0.3, 0.4) is 0 Å². The highest BCUT2D eigenvalue weighted by molar-refractivity contribution is 5.88. The number of nitrogens with zero attached hydrogens (tertiary/aromatic N) is 3. The van der Waals surface area contributed by atoms with E-state index in [-0.39, 0.29) is 7.52 Å². The van der Waals surface area contributed by atoms with Crippen molar-refractivity contribution < 1.29 is 11.0 Å². The predicted octanol–water partition coefficient (Wildman–Crippen LogP) is 3.23. The average molecular weight is 302 g/mol. The molecule has 118 valence electrons. The number of ether oxygens (including phenoxy) is 1. The van der Waals surface area contributed by atoms with Crippen molar-refractivity contribution in [3.63, 3.8) is 0 Å². The SMILES string of the molecule is CC(C)(C)OC(=O)N1CC=C(c2ncnc3[nH]ccc23)CC1.[HH]. The summed E-state index contributed by atoms with van der Waals surface area (Å²) in [6.45, 7) is 6.80. The molecule has 0 saturated heterocycles. The molecule has 22 heavy (non-hydrogen) atoms. The lowest BCUT2D eigenvalue weighted by Gasteiger charge is -2.29. The van der Waals surface area contributed by atoms with Gasteiger partial charge in [-0.25, -0.2) is 14.8 Å². The van der Waals surface area contributed by atoms with E-state index in [4.69, 9.17) is 4.74 Å². The maximum Gasteiger partial charge on any atom is 0.410 e. The summed E-state index contributed by atoms with van der Waals surface area (Å²) >= 11 is 0. The molecule has 3 rings (SSSR count). The Morgan fingerprint density at radius 2 is 2.23 bits per heavy atom. The molecule has 1 amide bonds. The molecule has 0 unspecified atom stereocenters. The fraction of sp³-hybridized carbons (Fsp3) is 0.438. The molecule has 0 fully saturated rings. The lowest BCUT2D eigenvalue weighted by atomic mass is 10.0. The zero-order chi connectivity index (χ0) is 15.7. The maximum absolute atomic E-state index is 12.1. The Bertz CT molecular complexity index is 733. The van der Waals surface area contributed by atoms with E-state index in [1.165, 1.54) is 0 Å². The van der Waals surface area contributed by atoms with Gasteiger partial charge in [0.15, 0.2) is 0 Å². The number of hydrogen-bond acceptors (Lipinski definition) is 4. The third-order valence-electron chi connectivity index (χ3n) is 3.52. The van der Waals surface area contributed by atoms with E-state index in [0.29, 0.717) is 13.1 Å². The molecule has 0 saturated carbocycles. The van der Waals surface area contributed by atoms with Crippen LogP contribution in [0.4, 0.5) is 4.79 Å². The Morgan fingerprint density at radius 3 is 2.91 bits per heavy atom. The number of rotatable bonds is 1. The molecule has 1 N–H and O–H groups in total. The van der Waals surface area contributed by atoms with Crippen LogP contribution in [-0.2, 0) is 4.74 Å². The molecular formula is C16H22N4O2. The van der Waals surface area contributed by atoms with Gasteiger partial charge in [-0.15, -0.1) is 0 Å². The van der Waals surface area contributed by atoms with E-state index in [9.17, 15) is 4.79 Å². The number of aromatic nitrogens is 3. The van der Waals surface area contributed by atoms with Gasteiger partial charge in [0.25, 0.3) is 0 Å². The summed E-state index contributed by atoms with van der Waals surface area (Å²) in [5, 5.41) is 1.01. The van der Waals surface area contributed by atoms with Crippen LogP contribution < -0.4 is 0 Å². The molecule has 3 heterocycles. The van der Waals surface area contributed by atoms with E-state index in [1.807, 2.05) is 39.1 Å². The minimum atomic E-state index is -0.467. The first-order chi connectivity index (χ1) is 10.4. The van der Waals surface area contributed by atoms with E-state index in [0.717, 1.165) is 28.7 Å². The van der Waals surface area contributed by atoms with Crippen LogP contribution in [0.15, 0.2) is 24.7 Å². The standard InChI is InChI=1S/C16H20N4O2.H2/c1-16(2,3)22-15(21)20-8-5-11(6-9-20)13-12-4-7-17-14(12)19-10-18-13;/h4-5,7,10H,6,8-9H2,1-3H3,(H,17,18,19);1H. The van der Waals surface area contributed by atoms with Crippen molar-refractivity contribution in [1.29, 1.82) is 0 Å². The summed E-state index contributed by atoms with van der Waals surface area (Å²) in [6, 6.07) is 1.98. The minimum absolute atomic E-state index is 0. The van der Waals surface area contributed by atoms with Gasteiger partial charge in [-0.2, -0.15) is 0 Å². The molecule has 1 aliphatic heterocycles. The number of amides is 1. The largest absolute Gasteiger partial charge is 0.444 e. The fourth-order valence-electron chi connectivity index (χ4n) is 2.50. The van der Waals surface area contributed by atoms with Crippen LogP contribution in [-0.4, -0.2) is 44.6 Å². The number of hydrogen-bond donors (Lipinski definition) is 1. The van der Waals surface area contributed by atoms with Crippen molar-refractivity contribution in [2.45, 2.75) is 32.8 Å². The molecule has 0 atom stereocenters. The fourth-order valence-corrected chi connectivity index (χ4v) is 2.50. The highest BCUT2D eigenvalue weighted by Crippen LogP contribution is 2.26. The molecule has 6 nitrogen and oxygen atoms in total. The molecule has 0 bridgehead atoms. The first kappa shape index (κ1) is 14.6. The van der Waals surface area contributed by atoms with Crippen LogP contribution in [0, 0.1) is 0 Å². The van der Waals surface area contributed by atoms with Gasteiger partial charge in [0.2, 0.25) is 0 Å². The smallest absolute Gasteiger partial charge is 0.410 e. The quantitative estimate of drug-likeness (QED) is 0.878. The van der Waals surface area contributed by atoms with Gasteiger partial charge >= 0.3 is 6.09 Å². The van der Waals surface area contributed by atoms with Gasteiger partial charge in [-0.05, 0) is 38.8 Å². The Morgan fingerprint density at radius 1 is 1.41 bits per heavy atom. The zero-order valence-electron chi connectivity index (χ0n) is 13.1. The molecule has 0 aliphatic carbocycles. The predicted molar refractivity (Wildman–Crippen MR) is 86.4 cm³/mol. The molecular weight excluding hydrogens is 280 g/mol. The van der Waals surface area contributed by atoms with Crippen LogP contribution in [0.5, 0.6) is 0 Å². The Balaban J connectivity index is 0.00000192.